The molecule has 1 aromatic heterocycles. The standard InChI is InChI=1S/C12H12FN3O2S/c1-6-5-15-12(19-6)16-10-3-7(11(17)18-2)9(14)4-8(10)13/h3-5H,14H2,1-2H3,(H,15,16). The third kappa shape index (κ3) is 2.82. The highest BCUT2D eigenvalue weighted by Crippen LogP contribution is 2.27. The number of benzene rings is 1. The quantitative estimate of drug-likeness (QED) is 0.668. The monoisotopic (exact) mass is 281 g/mol. The Kier molecular flexibility index (Phi) is 3.66. The van der Waals surface area contributed by atoms with Crippen molar-refractivity contribution in [2.24, 2.45) is 0 Å². The molecule has 2 rings (SSSR count). The number of hydrogen-bond acceptors (Lipinski definition) is 6. The number of nitrogen functional groups attached to an aromatic ring is 1. The van der Waals surface area contributed by atoms with Crippen LogP contribution in [0.5, 0.6) is 0 Å². The van der Waals surface area contributed by atoms with Gasteiger partial charge in [-0.25, -0.2) is 14.2 Å². The maximum atomic E-state index is 13.8. The minimum absolute atomic E-state index is 0.0326. The Morgan fingerprint density at radius 3 is 2.84 bits per heavy atom. The number of nitrogens with zero attached hydrogens (tertiary/aromatic N) is 1. The van der Waals surface area contributed by atoms with Crippen LogP contribution in [0.3, 0.4) is 0 Å². The number of carbonyl (C=O) groups excluding carboxylic acids is 1. The van der Waals surface area contributed by atoms with Crippen LogP contribution in [0, 0.1) is 12.7 Å². The van der Waals surface area contributed by atoms with E-state index in [1.165, 1.54) is 24.5 Å². The van der Waals surface area contributed by atoms with Crippen molar-refractivity contribution in [1.29, 1.82) is 0 Å². The van der Waals surface area contributed by atoms with Crippen LogP contribution in [-0.2, 0) is 4.74 Å². The predicted molar refractivity (Wildman–Crippen MR) is 72.3 cm³/mol. The van der Waals surface area contributed by atoms with Gasteiger partial charge in [0.1, 0.15) is 5.82 Å². The zero-order valence-corrected chi connectivity index (χ0v) is 11.2. The molecule has 0 atom stereocenters. The third-order valence-electron chi connectivity index (χ3n) is 2.41. The molecule has 7 heteroatoms. The van der Waals surface area contributed by atoms with Gasteiger partial charge in [-0.15, -0.1) is 11.3 Å². The number of ether oxygens (including phenoxy) is 1. The first kappa shape index (κ1) is 13.3. The van der Waals surface area contributed by atoms with E-state index in [4.69, 9.17) is 5.73 Å². The Labute approximate surface area is 113 Å². The smallest absolute Gasteiger partial charge is 0.340 e. The molecule has 0 aliphatic carbocycles. The number of nitrogens with two attached hydrogens (primary N) is 1. The molecular weight excluding hydrogens is 269 g/mol. The Bertz CT molecular complexity index is 627. The molecule has 1 heterocycles. The van der Waals surface area contributed by atoms with Gasteiger partial charge in [0.15, 0.2) is 5.13 Å². The largest absolute Gasteiger partial charge is 0.465 e. The van der Waals surface area contributed by atoms with E-state index in [0.717, 1.165) is 10.9 Å². The zero-order valence-electron chi connectivity index (χ0n) is 10.4. The van der Waals surface area contributed by atoms with Gasteiger partial charge in [-0.1, -0.05) is 0 Å². The first-order chi connectivity index (χ1) is 9.01. The first-order valence-electron chi connectivity index (χ1n) is 5.38. The summed E-state index contributed by atoms with van der Waals surface area (Å²) in [7, 11) is 1.24. The van der Waals surface area contributed by atoms with Gasteiger partial charge < -0.3 is 15.8 Å². The fraction of sp³-hybridized carbons (Fsp3) is 0.167. The highest BCUT2D eigenvalue weighted by molar-refractivity contribution is 7.15. The SMILES string of the molecule is COC(=O)c1cc(Nc2ncc(C)s2)c(F)cc1N. The maximum absolute atomic E-state index is 13.8. The molecule has 100 valence electrons. The summed E-state index contributed by atoms with van der Waals surface area (Å²) in [6, 6.07) is 2.39. The summed E-state index contributed by atoms with van der Waals surface area (Å²) in [6.07, 6.45) is 1.67. The fourth-order valence-corrected chi connectivity index (χ4v) is 2.18. The van der Waals surface area contributed by atoms with Crippen molar-refractivity contribution in [3.63, 3.8) is 0 Å². The number of thiazole rings is 1. The van der Waals surface area contributed by atoms with Crippen LogP contribution < -0.4 is 11.1 Å². The fourth-order valence-electron chi connectivity index (χ4n) is 1.50. The zero-order chi connectivity index (χ0) is 14.0. The van der Waals surface area contributed by atoms with Gasteiger partial charge in [-0.05, 0) is 19.1 Å². The van der Waals surface area contributed by atoms with E-state index in [9.17, 15) is 9.18 Å². The molecular formula is C12H12FN3O2S. The molecule has 2 aromatic rings. The molecule has 0 radical (unpaired) electrons. The van der Waals surface area contributed by atoms with Crippen molar-refractivity contribution in [2.75, 3.05) is 18.2 Å². The van der Waals surface area contributed by atoms with Gasteiger partial charge in [0, 0.05) is 16.8 Å². The minimum atomic E-state index is -0.615. The first-order valence-corrected chi connectivity index (χ1v) is 6.19. The highest BCUT2D eigenvalue weighted by atomic mass is 32.1. The van der Waals surface area contributed by atoms with E-state index < -0.39 is 11.8 Å². The predicted octanol–water partition coefficient (Wildman–Crippen LogP) is 2.70. The number of hydrogen-bond donors (Lipinski definition) is 2. The van der Waals surface area contributed by atoms with Crippen molar-refractivity contribution >= 4 is 33.8 Å². The second kappa shape index (κ2) is 5.23. The second-order valence-corrected chi connectivity index (χ2v) is 5.05. The molecule has 0 unspecified atom stereocenters. The molecule has 0 aliphatic heterocycles. The van der Waals surface area contributed by atoms with Crippen LogP contribution in [0.2, 0.25) is 0 Å². The summed E-state index contributed by atoms with van der Waals surface area (Å²) < 4.78 is 18.4. The van der Waals surface area contributed by atoms with E-state index in [1.54, 1.807) is 6.20 Å². The van der Waals surface area contributed by atoms with Gasteiger partial charge >= 0.3 is 5.97 Å². The van der Waals surface area contributed by atoms with Gasteiger partial charge in [0.25, 0.3) is 0 Å². The Balaban J connectivity index is 2.37. The number of esters is 1. The van der Waals surface area contributed by atoms with Crippen LogP contribution in [0.1, 0.15) is 15.2 Å². The summed E-state index contributed by atoms with van der Waals surface area (Å²) in [6.45, 7) is 1.89. The number of halogens is 1. The molecule has 1 aromatic carbocycles. The number of methoxy groups -OCH3 is 1. The van der Waals surface area contributed by atoms with E-state index in [2.05, 4.69) is 15.0 Å². The number of aromatic nitrogens is 1. The summed E-state index contributed by atoms with van der Waals surface area (Å²) in [4.78, 5) is 16.5. The lowest BCUT2D eigenvalue weighted by Crippen LogP contribution is -2.07. The summed E-state index contributed by atoms with van der Waals surface area (Å²) in [5.41, 5.74) is 5.85. The Hall–Kier alpha value is -2.15. The van der Waals surface area contributed by atoms with Gasteiger partial charge in [0.05, 0.1) is 18.4 Å². The van der Waals surface area contributed by atoms with Crippen LogP contribution in [0.25, 0.3) is 0 Å². The van der Waals surface area contributed by atoms with E-state index in [1.807, 2.05) is 6.92 Å². The number of aryl methyl sites for hydroxylation is 1. The van der Waals surface area contributed by atoms with Crippen molar-refractivity contribution < 1.29 is 13.9 Å². The number of carbonyl (C=O) groups is 1. The highest BCUT2D eigenvalue weighted by Gasteiger charge is 2.15. The lowest BCUT2D eigenvalue weighted by atomic mass is 10.1. The van der Waals surface area contributed by atoms with Crippen LogP contribution in [-0.4, -0.2) is 18.1 Å². The normalized spacial score (nSPS) is 10.3. The van der Waals surface area contributed by atoms with Crippen molar-refractivity contribution in [2.45, 2.75) is 6.92 Å². The number of rotatable bonds is 3. The molecule has 0 amide bonds. The summed E-state index contributed by atoms with van der Waals surface area (Å²) in [5.74, 6) is -1.17. The molecule has 3 N–H and O–H groups in total. The van der Waals surface area contributed by atoms with E-state index in [-0.39, 0.29) is 16.9 Å². The lowest BCUT2D eigenvalue weighted by Gasteiger charge is -2.09. The Morgan fingerprint density at radius 2 is 2.26 bits per heavy atom. The van der Waals surface area contributed by atoms with Crippen molar-refractivity contribution in [3.05, 3.63) is 34.6 Å². The summed E-state index contributed by atoms with van der Waals surface area (Å²) >= 11 is 1.38. The minimum Gasteiger partial charge on any atom is -0.465 e. The molecule has 0 saturated carbocycles. The lowest BCUT2D eigenvalue weighted by molar-refractivity contribution is 0.0602. The number of nitrogens with one attached hydrogen (secondary N) is 1. The van der Waals surface area contributed by atoms with E-state index >= 15 is 0 Å². The third-order valence-corrected chi connectivity index (χ3v) is 3.24. The maximum Gasteiger partial charge on any atom is 0.340 e. The van der Waals surface area contributed by atoms with Crippen molar-refractivity contribution in [3.8, 4) is 0 Å². The molecule has 0 fully saturated rings. The van der Waals surface area contributed by atoms with Gasteiger partial charge in [-0.2, -0.15) is 0 Å². The average molecular weight is 281 g/mol. The van der Waals surface area contributed by atoms with Gasteiger partial charge in [0.2, 0.25) is 0 Å². The van der Waals surface area contributed by atoms with Crippen molar-refractivity contribution in [1.82, 2.24) is 4.98 Å². The van der Waals surface area contributed by atoms with Crippen LogP contribution in [0.15, 0.2) is 18.3 Å². The van der Waals surface area contributed by atoms with E-state index in [0.29, 0.717) is 5.13 Å². The number of anilines is 3. The van der Waals surface area contributed by atoms with Crippen LogP contribution >= 0.6 is 11.3 Å². The molecule has 0 aliphatic rings. The molecule has 0 spiro atoms. The molecule has 5 nitrogen and oxygen atoms in total. The topological polar surface area (TPSA) is 77.2 Å². The average Bonchev–Trinajstić information content (AvgIpc) is 2.77. The summed E-state index contributed by atoms with van der Waals surface area (Å²) in [5, 5.41) is 3.35. The molecule has 0 bridgehead atoms. The molecule has 19 heavy (non-hydrogen) atoms. The van der Waals surface area contributed by atoms with Crippen LogP contribution in [0.4, 0.5) is 20.9 Å². The van der Waals surface area contributed by atoms with Gasteiger partial charge in [-0.3, -0.25) is 0 Å². The second-order valence-electron chi connectivity index (χ2n) is 3.81. The Morgan fingerprint density at radius 1 is 1.53 bits per heavy atom. The molecule has 0 saturated heterocycles.